The molecule has 100 valence electrons. The zero-order valence-electron chi connectivity index (χ0n) is 11.7. The normalized spacial score (nSPS) is 28.5. The molecule has 4 heteroatoms. The van der Waals surface area contributed by atoms with Gasteiger partial charge < -0.3 is 4.90 Å². The molecule has 1 fully saturated rings. The molecule has 0 saturated carbocycles. The van der Waals surface area contributed by atoms with E-state index in [1.165, 1.54) is 0 Å². The Balaban J connectivity index is 2.64. The predicted octanol–water partition coefficient (Wildman–Crippen LogP) is 2.32. The van der Waals surface area contributed by atoms with Gasteiger partial charge in [-0.2, -0.15) is 11.8 Å². The molecule has 1 N–H and O–H groups in total. The average molecular weight is 258 g/mol. The zero-order chi connectivity index (χ0) is 13.0. The number of carbonyl (C=O) groups excluding carboxylic acids is 1. The van der Waals surface area contributed by atoms with E-state index in [1.54, 1.807) is 0 Å². The highest BCUT2D eigenvalue weighted by Crippen LogP contribution is 2.22. The van der Waals surface area contributed by atoms with Crippen molar-refractivity contribution in [2.45, 2.75) is 59.3 Å². The molecular formula is C13H26N2OS. The summed E-state index contributed by atoms with van der Waals surface area (Å²) in [5.41, 5.74) is 0. The van der Waals surface area contributed by atoms with E-state index in [4.69, 9.17) is 0 Å². The third-order valence-corrected chi connectivity index (χ3v) is 4.74. The second-order valence-corrected chi connectivity index (χ2v) is 6.28. The third kappa shape index (κ3) is 3.38. The van der Waals surface area contributed by atoms with Crippen LogP contribution in [0.4, 0.5) is 0 Å². The lowest BCUT2D eigenvalue weighted by Gasteiger charge is -2.28. The Morgan fingerprint density at radius 2 is 2.06 bits per heavy atom. The minimum Gasteiger partial charge on any atom is -0.323 e. The minimum atomic E-state index is 0.0177. The summed E-state index contributed by atoms with van der Waals surface area (Å²) in [6.45, 7) is 10.7. The fourth-order valence-corrected chi connectivity index (χ4v) is 3.11. The van der Waals surface area contributed by atoms with Crippen LogP contribution in [0.25, 0.3) is 0 Å². The maximum atomic E-state index is 12.4. The summed E-state index contributed by atoms with van der Waals surface area (Å²) in [5.74, 6) is 2.85. The van der Waals surface area contributed by atoms with Crippen molar-refractivity contribution in [1.82, 2.24) is 10.2 Å². The molecule has 1 amide bonds. The number of nitrogens with zero attached hydrogens (tertiary/aromatic N) is 1. The maximum Gasteiger partial charge on any atom is 0.241 e. The van der Waals surface area contributed by atoms with Gasteiger partial charge in [0.1, 0.15) is 0 Å². The second-order valence-electron chi connectivity index (χ2n) is 4.96. The van der Waals surface area contributed by atoms with E-state index in [1.807, 2.05) is 16.7 Å². The van der Waals surface area contributed by atoms with E-state index in [0.29, 0.717) is 12.0 Å². The van der Waals surface area contributed by atoms with Crippen molar-refractivity contribution < 1.29 is 4.79 Å². The molecule has 1 aliphatic heterocycles. The number of nitrogens with one attached hydrogen (secondary N) is 1. The first-order valence-corrected chi connectivity index (χ1v) is 7.84. The highest BCUT2D eigenvalue weighted by atomic mass is 32.2. The van der Waals surface area contributed by atoms with Crippen LogP contribution < -0.4 is 5.32 Å². The summed E-state index contributed by atoms with van der Waals surface area (Å²) in [4.78, 5) is 14.4. The molecule has 0 spiro atoms. The Morgan fingerprint density at radius 1 is 1.41 bits per heavy atom. The van der Waals surface area contributed by atoms with Gasteiger partial charge in [-0.25, -0.2) is 0 Å². The van der Waals surface area contributed by atoms with Gasteiger partial charge in [0.25, 0.3) is 0 Å². The monoisotopic (exact) mass is 258 g/mol. The van der Waals surface area contributed by atoms with Gasteiger partial charge in [-0.05, 0) is 25.5 Å². The molecule has 17 heavy (non-hydrogen) atoms. The topological polar surface area (TPSA) is 32.3 Å². The van der Waals surface area contributed by atoms with E-state index >= 15 is 0 Å². The van der Waals surface area contributed by atoms with Crippen molar-refractivity contribution in [3.05, 3.63) is 0 Å². The van der Waals surface area contributed by atoms with Crippen LogP contribution in [0.1, 0.15) is 41.0 Å². The van der Waals surface area contributed by atoms with Crippen LogP contribution in [0.3, 0.4) is 0 Å². The van der Waals surface area contributed by atoms with Crippen LogP contribution in [0, 0.1) is 5.92 Å². The molecule has 1 heterocycles. The molecule has 1 aliphatic rings. The molecule has 0 aromatic heterocycles. The minimum absolute atomic E-state index is 0.0177. The number of hydrogen-bond donors (Lipinski definition) is 1. The molecule has 4 unspecified atom stereocenters. The van der Waals surface area contributed by atoms with E-state index in [9.17, 15) is 4.79 Å². The Hall–Kier alpha value is -0.220. The summed E-state index contributed by atoms with van der Waals surface area (Å²) in [6, 6.07) is 0.341. The van der Waals surface area contributed by atoms with E-state index in [-0.39, 0.29) is 18.1 Å². The summed E-state index contributed by atoms with van der Waals surface area (Å²) in [5, 5.41) is 3.43. The van der Waals surface area contributed by atoms with Gasteiger partial charge in [0, 0.05) is 11.8 Å². The first kappa shape index (κ1) is 14.8. The summed E-state index contributed by atoms with van der Waals surface area (Å²) in [7, 11) is 0. The lowest BCUT2D eigenvalue weighted by Crippen LogP contribution is -2.43. The van der Waals surface area contributed by atoms with Crippen LogP contribution in [0.2, 0.25) is 0 Å². The van der Waals surface area contributed by atoms with Gasteiger partial charge in [0.15, 0.2) is 0 Å². The number of thioether (sulfide) groups is 1. The third-order valence-electron chi connectivity index (χ3n) is 3.61. The van der Waals surface area contributed by atoms with Crippen molar-refractivity contribution in [3.8, 4) is 0 Å². The molecule has 1 rings (SSSR count). The number of amides is 1. The SMILES string of the molecule is CCSCC(C)N1C(=O)C(C(C)CC)NC1C. The lowest BCUT2D eigenvalue weighted by molar-refractivity contribution is -0.132. The molecule has 4 atom stereocenters. The Kier molecular flexibility index (Phi) is 5.80. The molecular weight excluding hydrogens is 232 g/mol. The molecule has 0 aromatic carbocycles. The van der Waals surface area contributed by atoms with Gasteiger partial charge in [-0.15, -0.1) is 0 Å². The van der Waals surface area contributed by atoms with Gasteiger partial charge in [-0.1, -0.05) is 27.2 Å². The largest absolute Gasteiger partial charge is 0.323 e. The second kappa shape index (κ2) is 6.64. The quantitative estimate of drug-likeness (QED) is 0.793. The van der Waals surface area contributed by atoms with Gasteiger partial charge >= 0.3 is 0 Å². The van der Waals surface area contributed by atoms with Gasteiger partial charge in [0.05, 0.1) is 12.2 Å². The van der Waals surface area contributed by atoms with Crippen molar-refractivity contribution in [2.75, 3.05) is 11.5 Å². The fourth-order valence-electron chi connectivity index (χ4n) is 2.37. The highest BCUT2D eigenvalue weighted by molar-refractivity contribution is 7.99. The van der Waals surface area contributed by atoms with Gasteiger partial charge in [-0.3, -0.25) is 10.1 Å². The number of hydrogen-bond acceptors (Lipinski definition) is 3. The number of rotatable bonds is 6. The van der Waals surface area contributed by atoms with Crippen LogP contribution in [0.15, 0.2) is 0 Å². The smallest absolute Gasteiger partial charge is 0.241 e. The van der Waals surface area contributed by atoms with Crippen LogP contribution in [-0.2, 0) is 4.79 Å². The van der Waals surface area contributed by atoms with E-state index < -0.39 is 0 Å². The summed E-state index contributed by atoms with van der Waals surface area (Å²) < 4.78 is 0. The average Bonchev–Trinajstić information content (AvgIpc) is 2.61. The van der Waals surface area contributed by atoms with Crippen LogP contribution >= 0.6 is 11.8 Å². The standard InChI is InChI=1S/C13H26N2OS/c1-6-9(3)12-13(16)15(11(5)14-12)10(4)8-17-7-2/h9-12,14H,6-8H2,1-5H3. The molecule has 0 aromatic rings. The fraction of sp³-hybridized carbons (Fsp3) is 0.923. The van der Waals surface area contributed by atoms with Crippen molar-refractivity contribution in [2.24, 2.45) is 5.92 Å². The van der Waals surface area contributed by atoms with Crippen LogP contribution in [0.5, 0.6) is 0 Å². The molecule has 1 saturated heterocycles. The zero-order valence-corrected chi connectivity index (χ0v) is 12.5. The molecule has 3 nitrogen and oxygen atoms in total. The van der Waals surface area contributed by atoms with Crippen LogP contribution in [-0.4, -0.2) is 40.6 Å². The Labute approximate surface area is 110 Å². The number of carbonyl (C=O) groups is 1. The molecule has 0 radical (unpaired) electrons. The van der Waals surface area contributed by atoms with Crippen molar-refractivity contribution in [1.29, 1.82) is 0 Å². The highest BCUT2D eigenvalue weighted by Gasteiger charge is 2.40. The molecule has 0 bridgehead atoms. The maximum absolute atomic E-state index is 12.4. The predicted molar refractivity (Wildman–Crippen MR) is 75.1 cm³/mol. The first-order valence-electron chi connectivity index (χ1n) is 6.68. The Bertz CT molecular complexity index is 260. The molecule has 0 aliphatic carbocycles. The lowest BCUT2D eigenvalue weighted by atomic mass is 9.99. The van der Waals surface area contributed by atoms with Crippen molar-refractivity contribution >= 4 is 17.7 Å². The Morgan fingerprint density at radius 3 is 2.59 bits per heavy atom. The van der Waals surface area contributed by atoms with E-state index in [0.717, 1.165) is 17.9 Å². The summed E-state index contributed by atoms with van der Waals surface area (Å²) >= 11 is 1.90. The van der Waals surface area contributed by atoms with E-state index in [2.05, 4.69) is 39.9 Å². The summed E-state index contributed by atoms with van der Waals surface area (Å²) in [6.07, 6.45) is 1.22. The van der Waals surface area contributed by atoms with Gasteiger partial charge in [0.2, 0.25) is 5.91 Å². The first-order chi connectivity index (χ1) is 8.02. The van der Waals surface area contributed by atoms with Crippen molar-refractivity contribution in [3.63, 3.8) is 0 Å².